The molecule has 0 bridgehead atoms. The van der Waals surface area contributed by atoms with E-state index in [1.165, 1.54) is 19.1 Å². The third-order valence-electron chi connectivity index (χ3n) is 1.37. The molecule has 0 N–H and O–H groups in total. The Bertz CT molecular complexity index is 184. The normalized spacial score (nSPS) is 11.9. The molecule has 0 aromatic rings. The van der Waals surface area contributed by atoms with Crippen molar-refractivity contribution in [3.8, 4) is 0 Å². The molecule has 84 valence electrons. The van der Waals surface area contributed by atoms with Crippen LogP contribution in [0.3, 0.4) is 0 Å². The zero-order chi connectivity index (χ0) is 11.2. The lowest BCUT2D eigenvalue weighted by atomic mass is 10.5. The minimum Gasteiger partial charge on any atom is -0.468 e. The molecular weight excluding hydrogens is 203 g/mol. The van der Waals surface area contributed by atoms with Crippen LogP contribution in [0.1, 0.15) is 0 Å². The summed E-state index contributed by atoms with van der Waals surface area (Å²) < 4.78 is 42.4. The SMILES string of the molecule is COC(=O)CN(C)CCOC(F)(F)F. The van der Waals surface area contributed by atoms with E-state index < -0.39 is 18.9 Å². The molecular formula is C7H12F3NO3. The van der Waals surface area contributed by atoms with Crippen molar-refractivity contribution in [3.63, 3.8) is 0 Å². The van der Waals surface area contributed by atoms with Crippen molar-refractivity contribution in [2.75, 3.05) is 33.9 Å². The number of methoxy groups -OCH3 is 1. The number of carbonyl (C=O) groups excluding carboxylic acids is 1. The molecule has 7 heteroatoms. The molecule has 14 heavy (non-hydrogen) atoms. The topological polar surface area (TPSA) is 38.8 Å². The van der Waals surface area contributed by atoms with Gasteiger partial charge >= 0.3 is 12.3 Å². The number of ether oxygens (including phenoxy) is 2. The van der Waals surface area contributed by atoms with Crippen LogP contribution in [-0.2, 0) is 14.3 Å². The third-order valence-corrected chi connectivity index (χ3v) is 1.37. The van der Waals surface area contributed by atoms with E-state index in [0.29, 0.717) is 0 Å². The smallest absolute Gasteiger partial charge is 0.468 e. The van der Waals surface area contributed by atoms with Crippen LogP contribution in [0.15, 0.2) is 0 Å². The molecule has 0 radical (unpaired) electrons. The van der Waals surface area contributed by atoms with Crippen molar-refractivity contribution in [1.82, 2.24) is 4.90 Å². The number of hydrogen-bond donors (Lipinski definition) is 0. The maximum absolute atomic E-state index is 11.5. The molecule has 0 aromatic heterocycles. The van der Waals surface area contributed by atoms with Crippen LogP contribution in [-0.4, -0.2) is 51.1 Å². The van der Waals surface area contributed by atoms with Crippen molar-refractivity contribution in [3.05, 3.63) is 0 Å². The first kappa shape index (κ1) is 13.2. The van der Waals surface area contributed by atoms with Crippen LogP contribution in [0, 0.1) is 0 Å². The van der Waals surface area contributed by atoms with Gasteiger partial charge in [0.1, 0.15) is 0 Å². The predicted molar refractivity (Wildman–Crippen MR) is 41.5 cm³/mol. The monoisotopic (exact) mass is 215 g/mol. The van der Waals surface area contributed by atoms with Gasteiger partial charge in [0.15, 0.2) is 0 Å². The van der Waals surface area contributed by atoms with Crippen molar-refractivity contribution >= 4 is 5.97 Å². The number of halogens is 3. The highest BCUT2D eigenvalue weighted by Gasteiger charge is 2.28. The lowest BCUT2D eigenvalue weighted by molar-refractivity contribution is -0.324. The third kappa shape index (κ3) is 7.81. The molecule has 0 aliphatic carbocycles. The standard InChI is InChI=1S/C7H12F3NO3/c1-11(5-6(12)13-2)3-4-14-7(8,9)10/h3-5H2,1-2H3. The summed E-state index contributed by atoms with van der Waals surface area (Å²) in [6.45, 7) is -0.552. The Labute approximate surface area is 79.6 Å². The lowest BCUT2D eigenvalue weighted by Crippen LogP contribution is -2.31. The van der Waals surface area contributed by atoms with E-state index >= 15 is 0 Å². The first-order valence-corrected chi connectivity index (χ1v) is 3.81. The molecule has 0 saturated carbocycles. The number of likely N-dealkylation sites (N-methyl/N-ethyl adjacent to an activating group) is 1. The number of alkyl halides is 3. The summed E-state index contributed by atoms with van der Waals surface area (Å²) in [6.07, 6.45) is -4.62. The van der Waals surface area contributed by atoms with Crippen molar-refractivity contribution < 1.29 is 27.4 Å². The van der Waals surface area contributed by atoms with Crippen LogP contribution >= 0.6 is 0 Å². The molecule has 0 atom stereocenters. The van der Waals surface area contributed by atoms with Gasteiger partial charge in [0, 0.05) is 6.54 Å². The molecule has 0 rings (SSSR count). The fraction of sp³-hybridized carbons (Fsp3) is 0.857. The Morgan fingerprint density at radius 1 is 1.43 bits per heavy atom. The summed E-state index contributed by atoms with van der Waals surface area (Å²) in [5.41, 5.74) is 0. The second-order valence-corrected chi connectivity index (χ2v) is 2.61. The van der Waals surface area contributed by atoms with Crippen molar-refractivity contribution in [2.45, 2.75) is 6.36 Å². The lowest BCUT2D eigenvalue weighted by Gasteiger charge is -2.15. The quantitative estimate of drug-likeness (QED) is 0.630. The van der Waals surface area contributed by atoms with Crippen LogP contribution in [0.2, 0.25) is 0 Å². The summed E-state index contributed by atoms with van der Waals surface area (Å²) in [6, 6.07) is 0. The largest absolute Gasteiger partial charge is 0.522 e. The molecule has 0 amide bonds. The van der Waals surface area contributed by atoms with Gasteiger partial charge in [-0.15, -0.1) is 13.2 Å². The average Bonchev–Trinajstić information content (AvgIpc) is 2.01. The van der Waals surface area contributed by atoms with Gasteiger partial charge in [-0.3, -0.25) is 14.4 Å². The molecule has 4 nitrogen and oxygen atoms in total. The minimum atomic E-state index is -4.62. The minimum absolute atomic E-state index is 0.00854. The maximum Gasteiger partial charge on any atom is 0.522 e. The van der Waals surface area contributed by atoms with Gasteiger partial charge in [0.25, 0.3) is 0 Å². The second kappa shape index (κ2) is 5.82. The zero-order valence-corrected chi connectivity index (χ0v) is 7.93. The van der Waals surface area contributed by atoms with Crippen molar-refractivity contribution in [1.29, 1.82) is 0 Å². The first-order valence-electron chi connectivity index (χ1n) is 3.81. The van der Waals surface area contributed by atoms with E-state index in [2.05, 4.69) is 9.47 Å². The average molecular weight is 215 g/mol. The number of hydrogen-bond acceptors (Lipinski definition) is 4. The first-order chi connectivity index (χ1) is 6.35. The van der Waals surface area contributed by atoms with E-state index in [1.807, 2.05) is 0 Å². The highest BCUT2D eigenvalue weighted by atomic mass is 19.4. The molecule has 0 heterocycles. The van der Waals surface area contributed by atoms with Crippen LogP contribution in [0.5, 0.6) is 0 Å². The fourth-order valence-corrected chi connectivity index (χ4v) is 0.681. The summed E-state index contributed by atoms with van der Waals surface area (Å²) in [5.74, 6) is -0.500. The summed E-state index contributed by atoms with van der Waals surface area (Å²) in [5, 5.41) is 0. The van der Waals surface area contributed by atoms with E-state index in [9.17, 15) is 18.0 Å². The molecule has 0 aromatic carbocycles. The highest BCUT2D eigenvalue weighted by Crippen LogP contribution is 2.15. The van der Waals surface area contributed by atoms with Gasteiger partial charge in [-0.25, -0.2) is 0 Å². The number of esters is 1. The van der Waals surface area contributed by atoms with E-state index in [1.54, 1.807) is 0 Å². The van der Waals surface area contributed by atoms with Gasteiger partial charge in [-0.1, -0.05) is 0 Å². The molecule has 0 aliphatic heterocycles. The van der Waals surface area contributed by atoms with Gasteiger partial charge in [0.2, 0.25) is 0 Å². The Balaban J connectivity index is 3.54. The maximum atomic E-state index is 11.5. The Hall–Kier alpha value is -0.820. The summed E-state index contributed by atoms with van der Waals surface area (Å²) in [7, 11) is 2.71. The summed E-state index contributed by atoms with van der Waals surface area (Å²) in [4.78, 5) is 12.0. The van der Waals surface area contributed by atoms with Gasteiger partial charge in [-0.05, 0) is 7.05 Å². The van der Waals surface area contributed by atoms with Crippen LogP contribution in [0.4, 0.5) is 13.2 Å². The van der Waals surface area contributed by atoms with Gasteiger partial charge in [-0.2, -0.15) is 0 Å². The molecule has 0 fully saturated rings. The summed E-state index contributed by atoms with van der Waals surface area (Å²) >= 11 is 0. The number of nitrogens with zero attached hydrogens (tertiary/aromatic N) is 1. The Kier molecular flexibility index (Phi) is 5.47. The Morgan fingerprint density at radius 3 is 2.43 bits per heavy atom. The van der Waals surface area contributed by atoms with E-state index in [4.69, 9.17) is 0 Å². The number of rotatable bonds is 5. The van der Waals surface area contributed by atoms with E-state index in [0.717, 1.165) is 0 Å². The molecule has 0 saturated heterocycles. The molecule has 0 aliphatic rings. The van der Waals surface area contributed by atoms with Crippen LogP contribution < -0.4 is 0 Å². The van der Waals surface area contributed by atoms with E-state index in [-0.39, 0.29) is 13.1 Å². The zero-order valence-electron chi connectivity index (χ0n) is 7.93. The van der Waals surface area contributed by atoms with Crippen molar-refractivity contribution in [2.24, 2.45) is 0 Å². The Morgan fingerprint density at radius 2 is 2.00 bits per heavy atom. The fourth-order valence-electron chi connectivity index (χ4n) is 0.681. The van der Waals surface area contributed by atoms with Gasteiger partial charge < -0.3 is 4.74 Å². The molecule has 0 unspecified atom stereocenters. The predicted octanol–water partition coefficient (Wildman–Crippen LogP) is 0.628. The second-order valence-electron chi connectivity index (χ2n) is 2.61. The number of carbonyl (C=O) groups is 1. The van der Waals surface area contributed by atoms with Crippen LogP contribution in [0.25, 0.3) is 0 Å². The highest BCUT2D eigenvalue weighted by molar-refractivity contribution is 5.71. The van der Waals surface area contributed by atoms with Gasteiger partial charge in [0.05, 0.1) is 20.3 Å². The molecule has 0 spiro atoms.